The molecule has 0 bridgehead atoms. The predicted octanol–water partition coefficient (Wildman–Crippen LogP) is 2.58. The zero-order valence-electron chi connectivity index (χ0n) is 8.36. The number of nitrogens with zero attached hydrogens (tertiary/aromatic N) is 1. The second-order valence-corrected chi connectivity index (χ2v) is 4.63. The van der Waals surface area contributed by atoms with Gasteiger partial charge in [0.05, 0.1) is 0 Å². The Morgan fingerprint density at radius 1 is 1.13 bits per heavy atom. The molecule has 0 spiro atoms. The third-order valence-corrected chi connectivity index (χ3v) is 3.06. The second kappa shape index (κ2) is 4.81. The van der Waals surface area contributed by atoms with Crippen molar-refractivity contribution in [2.24, 2.45) is 5.73 Å². The molecule has 3 heteroatoms. The van der Waals surface area contributed by atoms with Gasteiger partial charge in [-0.3, -0.25) is 0 Å². The van der Waals surface area contributed by atoms with E-state index in [1.807, 2.05) is 0 Å². The first kappa shape index (κ1) is 10.7. The minimum absolute atomic E-state index is 0.689. The van der Waals surface area contributed by atoms with E-state index >= 15 is 0 Å². The second-order valence-electron chi connectivity index (χ2n) is 3.38. The van der Waals surface area contributed by atoms with Crippen LogP contribution in [0.2, 0.25) is 0 Å². The fraction of sp³-hybridized carbons (Fsp3) is 0.167. The van der Waals surface area contributed by atoms with Crippen LogP contribution in [-0.2, 0) is 6.42 Å². The average molecular weight is 312 g/mol. The molecular weight excluding hydrogens is 299 g/mol. The molecule has 0 aliphatic heterocycles. The van der Waals surface area contributed by atoms with Gasteiger partial charge < -0.3 is 10.3 Å². The SMILES string of the molecule is NCCc1cccn1-c1ccc(I)cc1. The first-order chi connectivity index (χ1) is 7.31. The molecular formula is C12H13IN2. The Bertz CT molecular complexity index is 431. The lowest BCUT2D eigenvalue weighted by Gasteiger charge is -2.08. The predicted molar refractivity (Wildman–Crippen MR) is 71.2 cm³/mol. The number of halogens is 1. The maximum absolute atomic E-state index is 5.58. The lowest BCUT2D eigenvalue weighted by atomic mass is 10.3. The summed E-state index contributed by atoms with van der Waals surface area (Å²) in [5.41, 5.74) is 8.04. The van der Waals surface area contributed by atoms with Gasteiger partial charge in [0, 0.05) is 27.6 Å². The molecule has 0 saturated carbocycles. The number of hydrogen-bond acceptors (Lipinski definition) is 1. The lowest BCUT2D eigenvalue weighted by molar-refractivity contribution is 0.874. The maximum atomic E-state index is 5.58. The van der Waals surface area contributed by atoms with Gasteiger partial charge in [-0.05, 0) is 65.5 Å². The third-order valence-electron chi connectivity index (χ3n) is 2.34. The average Bonchev–Trinajstić information content (AvgIpc) is 2.68. The summed E-state index contributed by atoms with van der Waals surface area (Å²) in [5.74, 6) is 0. The Labute approximate surface area is 103 Å². The molecule has 0 aliphatic carbocycles. The monoisotopic (exact) mass is 312 g/mol. The van der Waals surface area contributed by atoms with Gasteiger partial charge in [-0.15, -0.1) is 0 Å². The normalized spacial score (nSPS) is 10.5. The van der Waals surface area contributed by atoms with E-state index in [0.717, 1.165) is 6.42 Å². The Kier molecular flexibility index (Phi) is 3.43. The fourth-order valence-corrected chi connectivity index (χ4v) is 1.98. The van der Waals surface area contributed by atoms with Crippen LogP contribution in [0.5, 0.6) is 0 Å². The van der Waals surface area contributed by atoms with Crippen LogP contribution in [0.1, 0.15) is 5.69 Å². The number of benzene rings is 1. The standard InChI is InChI=1S/C12H13IN2/c13-10-3-5-12(6-4-10)15-9-1-2-11(15)7-8-14/h1-6,9H,7-8,14H2. The van der Waals surface area contributed by atoms with Gasteiger partial charge in [-0.1, -0.05) is 0 Å². The summed E-state index contributed by atoms with van der Waals surface area (Å²) in [6.07, 6.45) is 2.99. The first-order valence-electron chi connectivity index (χ1n) is 4.93. The van der Waals surface area contributed by atoms with Crippen LogP contribution in [0.15, 0.2) is 42.6 Å². The van der Waals surface area contributed by atoms with Gasteiger partial charge in [0.25, 0.3) is 0 Å². The molecule has 2 nitrogen and oxygen atoms in total. The summed E-state index contributed by atoms with van der Waals surface area (Å²) < 4.78 is 3.44. The molecule has 2 aromatic rings. The van der Waals surface area contributed by atoms with Crippen molar-refractivity contribution in [2.75, 3.05) is 6.54 Å². The maximum Gasteiger partial charge on any atom is 0.0452 e. The molecule has 1 aromatic heterocycles. The minimum atomic E-state index is 0.689. The fourth-order valence-electron chi connectivity index (χ4n) is 1.62. The molecule has 15 heavy (non-hydrogen) atoms. The van der Waals surface area contributed by atoms with Crippen LogP contribution < -0.4 is 5.73 Å². The van der Waals surface area contributed by atoms with Crippen molar-refractivity contribution in [1.82, 2.24) is 4.57 Å². The molecule has 0 amide bonds. The molecule has 2 N–H and O–H groups in total. The van der Waals surface area contributed by atoms with Crippen molar-refractivity contribution < 1.29 is 0 Å². The molecule has 1 heterocycles. The van der Waals surface area contributed by atoms with Crippen molar-refractivity contribution in [1.29, 1.82) is 0 Å². The van der Waals surface area contributed by atoms with Gasteiger partial charge >= 0.3 is 0 Å². The van der Waals surface area contributed by atoms with Crippen LogP contribution in [0.25, 0.3) is 5.69 Å². The van der Waals surface area contributed by atoms with Crippen molar-refractivity contribution in [3.05, 3.63) is 51.9 Å². The van der Waals surface area contributed by atoms with Gasteiger partial charge in [0.15, 0.2) is 0 Å². The summed E-state index contributed by atoms with van der Waals surface area (Å²) in [4.78, 5) is 0. The Hall–Kier alpha value is -0.810. The van der Waals surface area contributed by atoms with Crippen molar-refractivity contribution in [3.8, 4) is 5.69 Å². The topological polar surface area (TPSA) is 30.9 Å². The van der Waals surface area contributed by atoms with E-state index < -0.39 is 0 Å². The van der Waals surface area contributed by atoms with Crippen LogP contribution >= 0.6 is 22.6 Å². The number of hydrogen-bond donors (Lipinski definition) is 1. The Balaban J connectivity index is 2.36. The zero-order valence-corrected chi connectivity index (χ0v) is 10.5. The largest absolute Gasteiger partial charge is 0.330 e. The molecule has 78 valence electrons. The summed E-state index contributed by atoms with van der Waals surface area (Å²) in [6, 6.07) is 12.7. The van der Waals surface area contributed by atoms with E-state index in [9.17, 15) is 0 Å². The van der Waals surface area contributed by atoms with E-state index in [1.165, 1.54) is 15.0 Å². The highest BCUT2D eigenvalue weighted by molar-refractivity contribution is 14.1. The smallest absolute Gasteiger partial charge is 0.0452 e. The highest BCUT2D eigenvalue weighted by atomic mass is 127. The van der Waals surface area contributed by atoms with Crippen molar-refractivity contribution >= 4 is 22.6 Å². The van der Waals surface area contributed by atoms with E-state index in [0.29, 0.717) is 6.54 Å². The summed E-state index contributed by atoms with van der Waals surface area (Å²) >= 11 is 2.31. The Morgan fingerprint density at radius 3 is 2.53 bits per heavy atom. The van der Waals surface area contributed by atoms with Crippen LogP contribution in [0.4, 0.5) is 0 Å². The van der Waals surface area contributed by atoms with Crippen LogP contribution in [-0.4, -0.2) is 11.1 Å². The number of nitrogens with two attached hydrogens (primary N) is 1. The van der Waals surface area contributed by atoms with Gasteiger partial charge in [-0.25, -0.2) is 0 Å². The molecule has 1 aromatic carbocycles. The third kappa shape index (κ3) is 2.41. The van der Waals surface area contributed by atoms with E-state index in [-0.39, 0.29) is 0 Å². The summed E-state index contributed by atoms with van der Waals surface area (Å²) in [6.45, 7) is 0.689. The molecule has 0 atom stereocenters. The Morgan fingerprint density at radius 2 is 1.87 bits per heavy atom. The van der Waals surface area contributed by atoms with Gasteiger partial charge in [0.2, 0.25) is 0 Å². The molecule has 2 rings (SSSR count). The summed E-state index contributed by atoms with van der Waals surface area (Å²) in [7, 11) is 0. The first-order valence-corrected chi connectivity index (χ1v) is 6.01. The molecule has 0 radical (unpaired) electrons. The van der Waals surface area contributed by atoms with Gasteiger partial charge in [0.1, 0.15) is 0 Å². The number of aromatic nitrogens is 1. The van der Waals surface area contributed by atoms with Gasteiger partial charge in [-0.2, -0.15) is 0 Å². The quantitative estimate of drug-likeness (QED) is 0.868. The van der Waals surface area contributed by atoms with Crippen molar-refractivity contribution in [3.63, 3.8) is 0 Å². The van der Waals surface area contributed by atoms with Crippen LogP contribution in [0.3, 0.4) is 0 Å². The minimum Gasteiger partial charge on any atom is -0.330 e. The summed E-state index contributed by atoms with van der Waals surface area (Å²) in [5, 5.41) is 0. The van der Waals surface area contributed by atoms with E-state index in [1.54, 1.807) is 0 Å². The van der Waals surface area contributed by atoms with Crippen LogP contribution in [0, 0.1) is 3.57 Å². The zero-order chi connectivity index (χ0) is 10.7. The molecule has 0 fully saturated rings. The lowest BCUT2D eigenvalue weighted by Crippen LogP contribution is -2.07. The highest BCUT2D eigenvalue weighted by Crippen LogP contribution is 2.14. The molecule has 0 aliphatic rings. The van der Waals surface area contributed by atoms with Crippen molar-refractivity contribution in [2.45, 2.75) is 6.42 Å². The van der Waals surface area contributed by atoms with E-state index in [2.05, 4.69) is 69.8 Å². The highest BCUT2D eigenvalue weighted by Gasteiger charge is 2.01. The number of rotatable bonds is 3. The van der Waals surface area contributed by atoms with E-state index in [4.69, 9.17) is 5.73 Å². The molecule has 0 unspecified atom stereocenters. The molecule has 0 saturated heterocycles.